The van der Waals surface area contributed by atoms with Crippen molar-refractivity contribution in [3.63, 3.8) is 0 Å². The van der Waals surface area contributed by atoms with Crippen LogP contribution in [0.1, 0.15) is 20.8 Å². The molecular formula is C10H16BrNO5. The van der Waals surface area contributed by atoms with Crippen LogP contribution in [0.5, 0.6) is 0 Å². The Morgan fingerprint density at radius 3 is 2.59 bits per heavy atom. The summed E-state index contributed by atoms with van der Waals surface area (Å²) in [6, 6.07) is -1.08. The van der Waals surface area contributed by atoms with Crippen molar-refractivity contribution in [1.29, 1.82) is 0 Å². The van der Waals surface area contributed by atoms with Gasteiger partial charge in [0.25, 0.3) is 0 Å². The number of ether oxygens (including phenoxy) is 2. The number of amides is 1. The second kappa shape index (κ2) is 5.22. The zero-order valence-electron chi connectivity index (χ0n) is 9.90. The molecule has 1 heterocycles. The van der Waals surface area contributed by atoms with Gasteiger partial charge in [0.05, 0.1) is 0 Å². The Morgan fingerprint density at radius 1 is 1.59 bits per heavy atom. The van der Waals surface area contributed by atoms with Crippen molar-refractivity contribution in [2.45, 2.75) is 44.6 Å². The summed E-state index contributed by atoms with van der Waals surface area (Å²) in [5.41, 5.74) is -0.660. The summed E-state index contributed by atoms with van der Waals surface area (Å²) in [7, 11) is 0. The number of hydrogen-bond donors (Lipinski definition) is 2. The van der Waals surface area contributed by atoms with Crippen LogP contribution in [0.4, 0.5) is 4.79 Å². The quantitative estimate of drug-likeness (QED) is 0.575. The summed E-state index contributed by atoms with van der Waals surface area (Å²) >= 11 is 3.11. The fourth-order valence-electron chi connectivity index (χ4n) is 1.35. The largest absolute Gasteiger partial charge is 0.457 e. The van der Waals surface area contributed by atoms with Crippen LogP contribution in [0.3, 0.4) is 0 Å². The van der Waals surface area contributed by atoms with E-state index in [9.17, 15) is 14.7 Å². The number of carbonyl (C=O) groups is 2. The van der Waals surface area contributed by atoms with Crippen molar-refractivity contribution in [3.8, 4) is 0 Å². The predicted octanol–water partition coefficient (Wildman–Crippen LogP) is 0.561. The predicted molar refractivity (Wildman–Crippen MR) is 62.8 cm³/mol. The van der Waals surface area contributed by atoms with Gasteiger partial charge in [0.15, 0.2) is 6.04 Å². The molecule has 0 radical (unpaired) electrons. The highest BCUT2D eigenvalue weighted by Gasteiger charge is 2.44. The molecule has 1 saturated heterocycles. The van der Waals surface area contributed by atoms with Crippen molar-refractivity contribution in [2.24, 2.45) is 0 Å². The van der Waals surface area contributed by atoms with Crippen molar-refractivity contribution in [2.75, 3.05) is 5.33 Å². The summed E-state index contributed by atoms with van der Waals surface area (Å²) in [4.78, 5) is 22.8. The number of carbonyl (C=O) groups excluding carboxylic acids is 2. The second-order valence-corrected chi connectivity index (χ2v) is 5.39. The van der Waals surface area contributed by atoms with E-state index in [2.05, 4.69) is 21.2 Å². The van der Waals surface area contributed by atoms with Gasteiger partial charge in [-0.15, -0.1) is 0 Å². The molecule has 0 spiro atoms. The van der Waals surface area contributed by atoms with Crippen molar-refractivity contribution >= 4 is 28.0 Å². The third kappa shape index (κ3) is 3.85. The average Bonchev–Trinajstić information content (AvgIpc) is 2.42. The topological polar surface area (TPSA) is 84.9 Å². The van der Waals surface area contributed by atoms with Gasteiger partial charge in [0, 0.05) is 5.33 Å². The maximum absolute atomic E-state index is 11.4. The first-order chi connectivity index (χ1) is 7.74. The molecule has 1 amide bonds. The minimum atomic E-state index is -1.08. The molecule has 3 atom stereocenters. The maximum Gasteiger partial charge on any atom is 0.408 e. The highest BCUT2D eigenvalue weighted by molar-refractivity contribution is 9.09. The summed E-state index contributed by atoms with van der Waals surface area (Å²) in [5, 5.41) is 12.3. The van der Waals surface area contributed by atoms with E-state index in [-0.39, 0.29) is 0 Å². The zero-order valence-corrected chi connectivity index (χ0v) is 11.5. The number of rotatable bonds is 2. The highest BCUT2D eigenvalue weighted by Crippen LogP contribution is 2.18. The van der Waals surface area contributed by atoms with Crippen molar-refractivity contribution in [3.05, 3.63) is 0 Å². The van der Waals surface area contributed by atoms with Crippen LogP contribution in [0.15, 0.2) is 0 Å². The Hall–Kier alpha value is -0.820. The van der Waals surface area contributed by atoms with E-state index in [0.29, 0.717) is 5.33 Å². The molecule has 0 aromatic carbocycles. The molecule has 0 aliphatic carbocycles. The monoisotopic (exact) mass is 309 g/mol. The first kappa shape index (κ1) is 14.2. The number of nitrogens with one attached hydrogen (secondary N) is 1. The normalized spacial score (nSPS) is 28.8. The lowest BCUT2D eigenvalue weighted by Gasteiger charge is -2.21. The number of halogens is 1. The average molecular weight is 310 g/mol. The SMILES string of the molecule is CC(C)(C)OC(=O)NC1C(=O)OC(CBr)C1O. The fraction of sp³-hybridized carbons (Fsp3) is 0.800. The minimum Gasteiger partial charge on any atom is -0.457 e. The number of alkyl halides is 1. The molecule has 6 nitrogen and oxygen atoms in total. The second-order valence-electron chi connectivity index (χ2n) is 4.74. The number of aliphatic hydroxyl groups excluding tert-OH is 1. The van der Waals surface area contributed by atoms with Gasteiger partial charge in [-0.1, -0.05) is 15.9 Å². The molecule has 2 N–H and O–H groups in total. The molecule has 0 aromatic rings. The van der Waals surface area contributed by atoms with E-state index < -0.39 is 35.9 Å². The van der Waals surface area contributed by atoms with Crippen LogP contribution < -0.4 is 5.32 Å². The third-order valence-electron chi connectivity index (χ3n) is 2.07. The van der Waals surface area contributed by atoms with Crippen LogP contribution in [0, 0.1) is 0 Å². The maximum atomic E-state index is 11.4. The smallest absolute Gasteiger partial charge is 0.408 e. The van der Waals surface area contributed by atoms with Crippen molar-refractivity contribution in [1.82, 2.24) is 5.32 Å². The molecule has 0 bridgehead atoms. The molecule has 1 aliphatic rings. The van der Waals surface area contributed by atoms with Crippen LogP contribution in [0.2, 0.25) is 0 Å². The van der Waals surface area contributed by atoms with Gasteiger partial charge in [-0.25, -0.2) is 9.59 Å². The third-order valence-corrected chi connectivity index (χ3v) is 2.71. The fourth-order valence-corrected chi connectivity index (χ4v) is 1.86. The van der Waals surface area contributed by atoms with E-state index in [1.807, 2.05) is 0 Å². The van der Waals surface area contributed by atoms with Gasteiger partial charge >= 0.3 is 12.1 Å². The molecule has 3 unspecified atom stereocenters. The van der Waals surface area contributed by atoms with Crippen LogP contribution in [-0.4, -0.2) is 46.3 Å². The number of cyclic esters (lactones) is 1. The first-order valence-corrected chi connectivity index (χ1v) is 6.31. The first-order valence-electron chi connectivity index (χ1n) is 5.18. The lowest BCUT2D eigenvalue weighted by Crippen LogP contribution is -2.48. The highest BCUT2D eigenvalue weighted by atomic mass is 79.9. The Morgan fingerprint density at radius 2 is 2.18 bits per heavy atom. The van der Waals surface area contributed by atoms with Gasteiger partial charge in [0.2, 0.25) is 0 Å². The molecule has 98 valence electrons. The zero-order chi connectivity index (χ0) is 13.2. The Bertz CT molecular complexity index is 314. The van der Waals surface area contributed by atoms with E-state index in [1.165, 1.54) is 0 Å². The van der Waals surface area contributed by atoms with Crippen molar-refractivity contribution < 1.29 is 24.2 Å². The Balaban J connectivity index is 2.57. The van der Waals surface area contributed by atoms with E-state index in [4.69, 9.17) is 9.47 Å². The summed E-state index contributed by atoms with van der Waals surface area (Å²) in [5.74, 6) is -0.659. The molecule has 0 aromatic heterocycles. The number of alkyl carbamates (subject to hydrolysis) is 1. The van der Waals surface area contributed by atoms with Gasteiger partial charge in [-0.2, -0.15) is 0 Å². The van der Waals surface area contributed by atoms with Gasteiger partial charge < -0.3 is 19.9 Å². The molecule has 1 fully saturated rings. The Kier molecular flexibility index (Phi) is 4.37. The minimum absolute atomic E-state index is 0.312. The summed E-state index contributed by atoms with van der Waals surface area (Å²) in [6.45, 7) is 5.12. The van der Waals surface area contributed by atoms with Crippen LogP contribution in [-0.2, 0) is 14.3 Å². The van der Waals surface area contributed by atoms with Crippen LogP contribution in [0.25, 0.3) is 0 Å². The van der Waals surface area contributed by atoms with E-state index in [1.54, 1.807) is 20.8 Å². The molecule has 0 saturated carbocycles. The van der Waals surface area contributed by atoms with Gasteiger partial charge in [-0.05, 0) is 20.8 Å². The lowest BCUT2D eigenvalue weighted by molar-refractivity contribution is -0.142. The number of aliphatic hydroxyl groups is 1. The molecule has 1 aliphatic heterocycles. The Labute approximate surface area is 108 Å². The lowest BCUT2D eigenvalue weighted by atomic mass is 10.1. The molecule has 7 heteroatoms. The van der Waals surface area contributed by atoms with E-state index >= 15 is 0 Å². The van der Waals surface area contributed by atoms with Gasteiger partial charge in [0.1, 0.15) is 17.8 Å². The molecule has 1 rings (SSSR count). The van der Waals surface area contributed by atoms with E-state index in [0.717, 1.165) is 0 Å². The molecular weight excluding hydrogens is 294 g/mol. The molecule has 17 heavy (non-hydrogen) atoms. The van der Waals surface area contributed by atoms with Gasteiger partial charge in [-0.3, -0.25) is 0 Å². The standard InChI is InChI=1S/C10H16BrNO5/c1-10(2,3)17-9(15)12-6-7(13)5(4-11)16-8(6)14/h5-7,13H,4H2,1-3H3,(H,12,15). The van der Waals surface area contributed by atoms with Crippen LogP contribution >= 0.6 is 15.9 Å². The summed E-state index contributed by atoms with van der Waals surface area (Å²) < 4.78 is 9.84. The number of hydrogen-bond acceptors (Lipinski definition) is 5. The number of esters is 1. The summed E-state index contributed by atoms with van der Waals surface area (Å²) in [6.07, 6.45) is -2.48.